The van der Waals surface area contributed by atoms with Gasteiger partial charge in [0.1, 0.15) is 0 Å². The quantitative estimate of drug-likeness (QED) is 0.855. The van der Waals surface area contributed by atoms with Gasteiger partial charge in [0.2, 0.25) is 0 Å². The monoisotopic (exact) mass is 284 g/mol. The van der Waals surface area contributed by atoms with Crippen molar-refractivity contribution < 1.29 is 0 Å². The lowest BCUT2D eigenvalue weighted by Crippen LogP contribution is -2.61. The second-order valence-electron chi connectivity index (χ2n) is 7.33. The molecule has 0 spiro atoms. The van der Waals surface area contributed by atoms with E-state index in [-0.39, 0.29) is 0 Å². The fourth-order valence-corrected chi connectivity index (χ4v) is 4.61. The molecule has 1 N–H and O–H groups in total. The minimum absolute atomic E-state index is 0.372. The molecule has 2 nitrogen and oxygen atoms in total. The summed E-state index contributed by atoms with van der Waals surface area (Å²) in [4.78, 5) is 2.79. The van der Waals surface area contributed by atoms with E-state index in [2.05, 4.69) is 49.7 Å². The maximum atomic E-state index is 3.78. The molecule has 0 aromatic heterocycles. The van der Waals surface area contributed by atoms with Crippen LogP contribution in [0, 0.1) is 5.41 Å². The third-order valence-electron chi connectivity index (χ3n) is 4.76. The summed E-state index contributed by atoms with van der Waals surface area (Å²) >= 11 is 2.22. The Morgan fingerprint density at radius 3 is 2.63 bits per heavy atom. The summed E-state index contributed by atoms with van der Waals surface area (Å²) in [6.07, 6.45) is 5.60. The normalized spacial score (nSPS) is 34.4. The maximum Gasteiger partial charge on any atom is 0.0244 e. The van der Waals surface area contributed by atoms with Gasteiger partial charge in [-0.25, -0.2) is 0 Å². The molecule has 0 aliphatic carbocycles. The Labute approximate surface area is 124 Å². The molecular weight excluding hydrogens is 252 g/mol. The van der Waals surface area contributed by atoms with Crippen molar-refractivity contribution >= 4 is 11.8 Å². The van der Waals surface area contributed by atoms with Crippen LogP contribution >= 0.6 is 11.8 Å². The molecule has 3 unspecified atom stereocenters. The highest BCUT2D eigenvalue weighted by Crippen LogP contribution is 2.29. The first kappa shape index (κ1) is 15.7. The minimum Gasteiger partial charge on any atom is -0.311 e. The molecule has 3 heteroatoms. The van der Waals surface area contributed by atoms with Gasteiger partial charge >= 0.3 is 0 Å². The van der Waals surface area contributed by atoms with Crippen LogP contribution in [0.5, 0.6) is 0 Å². The SMILES string of the molecule is CCC1CNC(C(C)(C)C)CN1CC1CCCCS1. The average Bonchev–Trinajstić information content (AvgIpc) is 2.39. The van der Waals surface area contributed by atoms with Crippen molar-refractivity contribution in [2.45, 2.75) is 70.7 Å². The van der Waals surface area contributed by atoms with E-state index in [9.17, 15) is 0 Å². The van der Waals surface area contributed by atoms with Gasteiger partial charge in [0.15, 0.2) is 0 Å². The van der Waals surface area contributed by atoms with Gasteiger partial charge in [-0.3, -0.25) is 4.90 Å². The number of hydrogen-bond donors (Lipinski definition) is 1. The van der Waals surface area contributed by atoms with Crippen LogP contribution in [0.15, 0.2) is 0 Å². The third-order valence-corrected chi connectivity index (χ3v) is 6.14. The zero-order valence-electron chi connectivity index (χ0n) is 13.2. The third kappa shape index (κ3) is 4.37. The molecule has 0 radical (unpaired) electrons. The molecule has 2 heterocycles. The predicted octanol–water partition coefficient (Wildman–Crippen LogP) is 3.37. The Hall–Kier alpha value is 0.270. The van der Waals surface area contributed by atoms with Crippen LogP contribution in [0.1, 0.15) is 53.4 Å². The van der Waals surface area contributed by atoms with Crippen LogP contribution in [0.4, 0.5) is 0 Å². The minimum atomic E-state index is 0.372. The molecule has 3 atom stereocenters. The number of thioether (sulfide) groups is 1. The number of nitrogens with zero attached hydrogens (tertiary/aromatic N) is 1. The van der Waals surface area contributed by atoms with Crippen LogP contribution < -0.4 is 5.32 Å². The van der Waals surface area contributed by atoms with E-state index < -0.39 is 0 Å². The number of hydrogen-bond acceptors (Lipinski definition) is 3. The maximum absolute atomic E-state index is 3.78. The Morgan fingerprint density at radius 2 is 2.05 bits per heavy atom. The standard InChI is InChI=1S/C16H32N2S/c1-5-13-10-17-15(16(2,3)4)12-18(13)11-14-8-6-7-9-19-14/h13-15,17H,5-12H2,1-4H3. The number of piperazine rings is 1. The summed E-state index contributed by atoms with van der Waals surface area (Å²) in [5.74, 6) is 1.39. The average molecular weight is 285 g/mol. The van der Waals surface area contributed by atoms with Crippen molar-refractivity contribution in [3.63, 3.8) is 0 Å². The lowest BCUT2D eigenvalue weighted by molar-refractivity contribution is 0.0831. The zero-order chi connectivity index (χ0) is 13.9. The van der Waals surface area contributed by atoms with E-state index in [0.29, 0.717) is 11.5 Å². The molecule has 0 amide bonds. The fraction of sp³-hybridized carbons (Fsp3) is 1.00. The van der Waals surface area contributed by atoms with E-state index in [1.54, 1.807) is 0 Å². The number of nitrogens with one attached hydrogen (secondary N) is 1. The Balaban J connectivity index is 1.93. The molecular formula is C16H32N2S. The highest BCUT2D eigenvalue weighted by molar-refractivity contribution is 7.99. The van der Waals surface area contributed by atoms with Crippen LogP contribution in [0.25, 0.3) is 0 Å². The molecule has 2 fully saturated rings. The fourth-order valence-electron chi connectivity index (χ4n) is 3.27. The lowest BCUT2D eigenvalue weighted by Gasteiger charge is -2.46. The second kappa shape index (κ2) is 6.82. The second-order valence-corrected chi connectivity index (χ2v) is 8.74. The lowest BCUT2D eigenvalue weighted by atomic mass is 9.84. The highest BCUT2D eigenvalue weighted by atomic mass is 32.2. The zero-order valence-corrected chi connectivity index (χ0v) is 14.1. The van der Waals surface area contributed by atoms with E-state index in [0.717, 1.165) is 11.3 Å². The van der Waals surface area contributed by atoms with Crippen molar-refractivity contribution in [1.82, 2.24) is 10.2 Å². The van der Waals surface area contributed by atoms with E-state index >= 15 is 0 Å². The summed E-state index contributed by atoms with van der Waals surface area (Å²) in [6.45, 7) is 13.2. The molecule has 2 rings (SSSR count). The highest BCUT2D eigenvalue weighted by Gasteiger charge is 2.34. The van der Waals surface area contributed by atoms with Crippen LogP contribution in [0.3, 0.4) is 0 Å². The van der Waals surface area contributed by atoms with Crippen molar-refractivity contribution in [3.05, 3.63) is 0 Å². The van der Waals surface area contributed by atoms with Gasteiger partial charge in [-0.05, 0) is 30.4 Å². The van der Waals surface area contributed by atoms with Crippen LogP contribution in [-0.4, -0.2) is 47.6 Å². The first-order chi connectivity index (χ1) is 9.00. The Morgan fingerprint density at radius 1 is 1.26 bits per heavy atom. The van der Waals surface area contributed by atoms with Crippen molar-refractivity contribution in [1.29, 1.82) is 0 Å². The molecule has 0 saturated carbocycles. The molecule has 112 valence electrons. The molecule has 2 aliphatic heterocycles. The summed E-state index contributed by atoms with van der Waals surface area (Å²) in [7, 11) is 0. The van der Waals surface area contributed by atoms with E-state index in [1.807, 2.05) is 0 Å². The summed E-state index contributed by atoms with van der Waals surface area (Å²) in [5.41, 5.74) is 0.372. The first-order valence-corrected chi connectivity index (χ1v) is 9.14. The Kier molecular flexibility index (Phi) is 5.62. The van der Waals surface area contributed by atoms with Gasteiger partial charge in [-0.15, -0.1) is 0 Å². The summed E-state index contributed by atoms with van der Waals surface area (Å²) in [5, 5.41) is 4.67. The van der Waals surface area contributed by atoms with Gasteiger partial charge in [0, 0.05) is 37.0 Å². The first-order valence-electron chi connectivity index (χ1n) is 8.09. The predicted molar refractivity (Wildman–Crippen MR) is 87.0 cm³/mol. The van der Waals surface area contributed by atoms with Gasteiger partial charge in [-0.1, -0.05) is 34.1 Å². The van der Waals surface area contributed by atoms with Crippen LogP contribution in [-0.2, 0) is 0 Å². The number of rotatable bonds is 3. The largest absolute Gasteiger partial charge is 0.311 e. The van der Waals surface area contributed by atoms with Gasteiger partial charge in [0.25, 0.3) is 0 Å². The Bertz CT molecular complexity index is 268. The van der Waals surface area contributed by atoms with Crippen LogP contribution in [0.2, 0.25) is 0 Å². The summed E-state index contributed by atoms with van der Waals surface area (Å²) < 4.78 is 0. The van der Waals surface area contributed by atoms with E-state index in [4.69, 9.17) is 0 Å². The topological polar surface area (TPSA) is 15.3 Å². The van der Waals surface area contributed by atoms with Crippen molar-refractivity contribution in [3.8, 4) is 0 Å². The molecule has 2 saturated heterocycles. The van der Waals surface area contributed by atoms with Crippen molar-refractivity contribution in [2.75, 3.05) is 25.4 Å². The van der Waals surface area contributed by atoms with E-state index in [1.165, 1.54) is 51.1 Å². The molecule has 0 bridgehead atoms. The van der Waals surface area contributed by atoms with Gasteiger partial charge < -0.3 is 5.32 Å². The molecule has 19 heavy (non-hydrogen) atoms. The molecule has 2 aliphatic rings. The van der Waals surface area contributed by atoms with Gasteiger partial charge in [0.05, 0.1) is 0 Å². The molecule has 0 aromatic carbocycles. The van der Waals surface area contributed by atoms with Crippen molar-refractivity contribution in [2.24, 2.45) is 5.41 Å². The summed E-state index contributed by atoms with van der Waals surface area (Å²) in [6, 6.07) is 1.39. The smallest absolute Gasteiger partial charge is 0.0244 e. The van der Waals surface area contributed by atoms with Gasteiger partial charge in [-0.2, -0.15) is 11.8 Å². The molecule has 0 aromatic rings.